The maximum Gasteiger partial charge on any atom is 0.237 e. The molecule has 1 amide bonds. The fraction of sp³-hybridized carbons (Fsp3) is 0.375. The van der Waals surface area contributed by atoms with Crippen LogP contribution in [0.4, 0.5) is 0 Å². The molecule has 2 heterocycles. The van der Waals surface area contributed by atoms with E-state index in [-0.39, 0.29) is 11.9 Å². The van der Waals surface area contributed by atoms with Crippen LogP contribution in [0.5, 0.6) is 0 Å². The molecule has 0 spiro atoms. The number of amides is 1. The molecular formula is C16H19N3O. The molecule has 20 heavy (non-hydrogen) atoms. The predicted molar refractivity (Wildman–Crippen MR) is 79.2 cm³/mol. The topological polar surface area (TPSA) is 54.0 Å². The van der Waals surface area contributed by atoms with Gasteiger partial charge in [-0.05, 0) is 31.0 Å². The van der Waals surface area contributed by atoms with Crippen LogP contribution >= 0.6 is 0 Å². The van der Waals surface area contributed by atoms with Crippen molar-refractivity contribution in [3.8, 4) is 0 Å². The minimum absolute atomic E-state index is 0.0355. The fourth-order valence-electron chi connectivity index (χ4n) is 2.69. The standard InChI is InChI=1S/C16H19N3O/c20-16(14-8-1-2-9-17-14)19-11-13-6-3-5-12-7-4-10-18-15(12)13/h3-7,10,14,17H,1-2,8-9,11H2,(H,19,20)/t14-/m1/s1. The maximum absolute atomic E-state index is 12.1. The molecule has 1 saturated heterocycles. The molecule has 1 aliphatic rings. The van der Waals surface area contributed by atoms with E-state index in [1.165, 1.54) is 0 Å². The molecule has 4 heteroatoms. The van der Waals surface area contributed by atoms with Gasteiger partial charge in [-0.3, -0.25) is 9.78 Å². The van der Waals surface area contributed by atoms with E-state index in [1.807, 2.05) is 30.3 Å². The lowest BCUT2D eigenvalue weighted by Gasteiger charge is -2.22. The smallest absolute Gasteiger partial charge is 0.237 e. The van der Waals surface area contributed by atoms with Gasteiger partial charge in [0.1, 0.15) is 0 Å². The minimum atomic E-state index is -0.0355. The molecule has 0 radical (unpaired) electrons. The largest absolute Gasteiger partial charge is 0.351 e. The van der Waals surface area contributed by atoms with E-state index in [0.717, 1.165) is 42.3 Å². The third kappa shape index (κ3) is 2.80. The van der Waals surface area contributed by atoms with Crippen LogP contribution < -0.4 is 10.6 Å². The number of fused-ring (bicyclic) bond motifs is 1. The van der Waals surface area contributed by atoms with E-state index in [1.54, 1.807) is 6.20 Å². The van der Waals surface area contributed by atoms with Gasteiger partial charge in [-0.25, -0.2) is 0 Å². The van der Waals surface area contributed by atoms with Gasteiger partial charge < -0.3 is 10.6 Å². The van der Waals surface area contributed by atoms with Crippen LogP contribution in [0.25, 0.3) is 10.9 Å². The monoisotopic (exact) mass is 269 g/mol. The van der Waals surface area contributed by atoms with Gasteiger partial charge in [0.25, 0.3) is 0 Å². The first-order valence-electron chi connectivity index (χ1n) is 7.18. The first kappa shape index (κ1) is 13.1. The van der Waals surface area contributed by atoms with Gasteiger partial charge in [0.15, 0.2) is 0 Å². The Morgan fingerprint density at radius 1 is 1.30 bits per heavy atom. The molecule has 1 fully saturated rings. The zero-order chi connectivity index (χ0) is 13.8. The maximum atomic E-state index is 12.1. The second kappa shape index (κ2) is 6.01. The number of pyridine rings is 1. The number of piperidine rings is 1. The van der Waals surface area contributed by atoms with Crippen molar-refractivity contribution in [3.63, 3.8) is 0 Å². The number of nitrogens with zero attached hydrogens (tertiary/aromatic N) is 1. The zero-order valence-electron chi connectivity index (χ0n) is 11.4. The fourth-order valence-corrected chi connectivity index (χ4v) is 2.69. The third-order valence-corrected chi connectivity index (χ3v) is 3.80. The number of aromatic nitrogens is 1. The second-order valence-corrected chi connectivity index (χ2v) is 5.21. The van der Waals surface area contributed by atoms with Crippen LogP contribution in [0.15, 0.2) is 36.5 Å². The first-order chi connectivity index (χ1) is 9.84. The second-order valence-electron chi connectivity index (χ2n) is 5.21. The number of hydrogen-bond acceptors (Lipinski definition) is 3. The molecule has 1 aliphatic heterocycles. The Kier molecular flexibility index (Phi) is 3.92. The third-order valence-electron chi connectivity index (χ3n) is 3.80. The highest BCUT2D eigenvalue weighted by Gasteiger charge is 2.20. The summed E-state index contributed by atoms with van der Waals surface area (Å²) in [5.41, 5.74) is 2.03. The molecule has 104 valence electrons. The van der Waals surface area contributed by atoms with Crippen LogP contribution in [0.3, 0.4) is 0 Å². The summed E-state index contributed by atoms with van der Waals surface area (Å²) in [6.07, 6.45) is 5.01. The Morgan fingerprint density at radius 2 is 2.20 bits per heavy atom. The van der Waals surface area contributed by atoms with Crippen molar-refractivity contribution >= 4 is 16.8 Å². The van der Waals surface area contributed by atoms with Gasteiger partial charge in [0.2, 0.25) is 5.91 Å². The molecule has 1 aromatic carbocycles. The number of nitrogens with one attached hydrogen (secondary N) is 2. The number of carbonyl (C=O) groups is 1. The van der Waals surface area contributed by atoms with Crippen molar-refractivity contribution < 1.29 is 4.79 Å². The summed E-state index contributed by atoms with van der Waals surface area (Å²) in [4.78, 5) is 16.5. The van der Waals surface area contributed by atoms with E-state index in [0.29, 0.717) is 6.54 Å². The van der Waals surface area contributed by atoms with E-state index in [9.17, 15) is 4.79 Å². The zero-order valence-corrected chi connectivity index (χ0v) is 11.4. The van der Waals surface area contributed by atoms with Gasteiger partial charge in [-0.2, -0.15) is 0 Å². The summed E-state index contributed by atoms with van der Waals surface area (Å²) in [7, 11) is 0. The lowest BCUT2D eigenvalue weighted by molar-refractivity contribution is -0.123. The average molecular weight is 269 g/mol. The van der Waals surface area contributed by atoms with E-state index in [4.69, 9.17) is 0 Å². The Morgan fingerprint density at radius 3 is 3.05 bits per heavy atom. The molecule has 4 nitrogen and oxygen atoms in total. The number of hydrogen-bond donors (Lipinski definition) is 2. The Bertz CT molecular complexity index is 600. The highest BCUT2D eigenvalue weighted by Crippen LogP contribution is 2.15. The molecule has 0 saturated carbocycles. The molecule has 2 aromatic rings. The summed E-state index contributed by atoms with van der Waals surface area (Å²) in [5, 5.41) is 7.39. The van der Waals surface area contributed by atoms with Crippen molar-refractivity contribution in [1.82, 2.24) is 15.6 Å². The molecule has 2 N–H and O–H groups in total. The van der Waals surface area contributed by atoms with Gasteiger partial charge in [-0.1, -0.05) is 30.7 Å². The molecule has 0 aliphatic carbocycles. The number of rotatable bonds is 3. The highest BCUT2D eigenvalue weighted by atomic mass is 16.2. The summed E-state index contributed by atoms with van der Waals surface area (Å²) >= 11 is 0. The molecule has 0 bridgehead atoms. The number of benzene rings is 1. The van der Waals surface area contributed by atoms with Gasteiger partial charge >= 0.3 is 0 Å². The highest BCUT2D eigenvalue weighted by molar-refractivity contribution is 5.84. The minimum Gasteiger partial charge on any atom is -0.351 e. The Labute approximate surface area is 118 Å². The molecule has 0 unspecified atom stereocenters. The Hall–Kier alpha value is -1.94. The van der Waals surface area contributed by atoms with Crippen molar-refractivity contribution in [1.29, 1.82) is 0 Å². The quantitative estimate of drug-likeness (QED) is 0.896. The first-order valence-corrected chi connectivity index (χ1v) is 7.18. The van der Waals surface area contributed by atoms with Crippen molar-refractivity contribution in [2.75, 3.05) is 6.54 Å². The lowest BCUT2D eigenvalue weighted by atomic mass is 10.0. The average Bonchev–Trinajstić information content (AvgIpc) is 2.53. The normalized spacial score (nSPS) is 18.9. The summed E-state index contributed by atoms with van der Waals surface area (Å²) in [5.74, 6) is 0.0950. The summed E-state index contributed by atoms with van der Waals surface area (Å²) < 4.78 is 0. The van der Waals surface area contributed by atoms with Crippen LogP contribution in [0.2, 0.25) is 0 Å². The van der Waals surface area contributed by atoms with Gasteiger partial charge in [0, 0.05) is 18.1 Å². The van der Waals surface area contributed by atoms with Crippen molar-refractivity contribution in [2.45, 2.75) is 31.8 Å². The van der Waals surface area contributed by atoms with Crippen LogP contribution in [0.1, 0.15) is 24.8 Å². The van der Waals surface area contributed by atoms with E-state index < -0.39 is 0 Å². The SMILES string of the molecule is O=C(NCc1cccc2cccnc12)[C@H]1CCCCN1. The van der Waals surface area contributed by atoms with Gasteiger partial charge in [-0.15, -0.1) is 0 Å². The number of carbonyl (C=O) groups excluding carboxylic acids is 1. The van der Waals surface area contributed by atoms with E-state index in [2.05, 4.69) is 15.6 Å². The molecule has 3 rings (SSSR count). The lowest BCUT2D eigenvalue weighted by Crippen LogP contribution is -2.46. The summed E-state index contributed by atoms with van der Waals surface area (Å²) in [6.45, 7) is 1.47. The van der Waals surface area contributed by atoms with Crippen molar-refractivity contribution in [2.24, 2.45) is 0 Å². The van der Waals surface area contributed by atoms with E-state index >= 15 is 0 Å². The number of para-hydroxylation sites is 1. The van der Waals surface area contributed by atoms with Crippen molar-refractivity contribution in [3.05, 3.63) is 42.1 Å². The van der Waals surface area contributed by atoms with Crippen LogP contribution in [0, 0.1) is 0 Å². The molecule has 1 atom stereocenters. The van der Waals surface area contributed by atoms with Crippen LogP contribution in [-0.4, -0.2) is 23.5 Å². The summed E-state index contributed by atoms with van der Waals surface area (Å²) in [6, 6.07) is 9.99. The van der Waals surface area contributed by atoms with Crippen LogP contribution in [-0.2, 0) is 11.3 Å². The molecular weight excluding hydrogens is 250 g/mol. The Balaban J connectivity index is 1.69. The molecule has 1 aromatic heterocycles. The van der Waals surface area contributed by atoms with Gasteiger partial charge in [0.05, 0.1) is 11.6 Å². The predicted octanol–water partition coefficient (Wildman–Crippen LogP) is 1.99.